The summed E-state index contributed by atoms with van der Waals surface area (Å²) in [5.74, 6) is 7.58. The highest BCUT2D eigenvalue weighted by Gasteiger charge is 2.24. The molecule has 0 radical (unpaired) electrons. The van der Waals surface area contributed by atoms with E-state index in [1.54, 1.807) is 0 Å². The minimum atomic E-state index is 0.377. The van der Waals surface area contributed by atoms with Crippen molar-refractivity contribution in [3.8, 4) is 0 Å². The highest BCUT2D eigenvalue weighted by Crippen LogP contribution is 2.27. The third kappa shape index (κ3) is 2.79. The van der Waals surface area contributed by atoms with Gasteiger partial charge < -0.3 is 10.2 Å². The number of rotatable bonds is 4. The Balaban J connectivity index is 2.18. The van der Waals surface area contributed by atoms with E-state index >= 15 is 0 Å². The lowest BCUT2D eigenvalue weighted by Crippen LogP contribution is -2.25. The molecule has 2 rings (SSSR count). The molecule has 1 aliphatic carbocycles. The van der Waals surface area contributed by atoms with E-state index in [2.05, 4.69) is 32.6 Å². The molecule has 7 heteroatoms. The van der Waals surface area contributed by atoms with E-state index < -0.39 is 0 Å². The van der Waals surface area contributed by atoms with Gasteiger partial charge in [-0.3, -0.25) is 5.43 Å². The summed E-state index contributed by atoms with van der Waals surface area (Å²) in [6, 6.07) is 0.438. The van der Waals surface area contributed by atoms with Gasteiger partial charge in [-0.1, -0.05) is 13.3 Å². The van der Waals surface area contributed by atoms with Crippen LogP contribution in [0.1, 0.15) is 26.2 Å². The van der Waals surface area contributed by atoms with Crippen molar-refractivity contribution >= 4 is 17.8 Å². The van der Waals surface area contributed by atoms with Crippen LogP contribution in [0.5, 0.6) is 0 Å². The van der Waals surface area contributed by atoms with Crippen LogP contribution >= 0.6 is 0 Å². The summed E-state index contributed by atoms with van der Waals surface area (Å²) in [7, 11) is 3.77. The molecule has 0 saturated heterocycles. The normalized spacial score (nSPS) is 22.9. The van der Waals surface area contributed by atoms with E-state index in [0.717, 1.165) is 6.42 Å². The van der Waals surface area contributed by atoms with Crippen LogP contribution in [0.25, 0.3) is 0 Å². The van der Waals surface area contributed by atoms with Crippen molar-refractivity contribution in [3.63, 3.8) is 0 Å². The Bertz CT molecular complexity index is 406. The molecular formula is C11H21N7. The highest BCUT2D eigenvalue weighted by atomic mass is 15.4. The summed E-state index contributed by atoms with van der Waals surface area (Å²) in [4.78, 5) is 14.6. The predicted octanol–water partition coefficient (Wildman–Crippen LogP) is 0.824. The SMILES string of the molecule is CC1CCCC1Nc1nc(NN)nc(N(C)C)n1. The van der Waals surface area contributed by atoms with E-state index in [1.165, 1.54) is 12.8 Å². The minimum absolute atomic E-state index is 0.377. The predicted molar refractivity (Wildman–Crippen MR) is 72.4 cm³/mol. The van der Waals surface area contributed by atoms with Crippen molar-refractivity contribution < 1.29 is 0 Å². The maximum atomic E-state index is 5.37. The number of hydrogen-bond donors (Lipinski definition) is 3. The molecule has 1 aromatic heterocycles. The van der Waals surface area contributed by atoms with Crippen molar-refractivity contribution in [2.75, 3.05) is 29.7 Å². The summed E-state index contributed by atoms with van der Waals surface area (Å²) in [6.45, 7) is 2.25. The van der Waals surface area contributed by atoms with Gasteiger partial charge in [0.1, 0.15) is 0 Å². The van der Waals surface area contributed by atoms with Crippen molar-refractivity contribution in [2.45, 2.75) is 32.2 Å². The molecule has 18 heavy (non-hydrogen) atoms. The molecule has 0 aromatic carbocycles. The molecule has 0 aliphatic heterocycles. The third-order valence-electron chi connectivity index (χ3n) is 3.33. The molecule has 1 fully saturated rings. The fraction of sp³-hybridized carbons (Fsp3) is 0.727. The molecule has 1 saturated carbocycles. The Morgan fingerprint density at radius 2 is 1.89 bits per heavy atom. The van der Waals surface area contributed by atoms with E-state index in [0.29, 0.717) is 29.8 Å². The molecule has 0 spiro atoms. The van der Waals surface area contributed by atoms with Gasteiger partial charge in [0.15, 0.2) is 0 Å². The molecular weight excluding hydrogens is 230 g/mol. The smallest absolute Gasteiger partial charge is 0.243 e. The van der Waals surface area contributed by atoms with E-state index in [-0.39, 0.29) is 0 Å². The van der Waals surface area contributed by atoms with Gasteiger partial charge in [0, 0.05) is 20.1 Å². The van der Waals surface area contributed by atoms with Crippen LogP contribution in [0.3, 0.4) is 0 Å². The first kappa shape index (κ1) is 12.8. The molecule has 1 heterocycles. The largest absolute Gasteiger partial charge is 0.351 e. The molecule has 7 nitrogen and oxygen atoms in total. The van der Waals surface area contributed by atoms with Gasteiger partial charge in [0.25, 0.3) is 0 Å². The maximum absolute atomic E-state index is 5.37. The topological polar surface area (TPSA) is 92.0 Å². The van der Waals surface area contributed by atoms with Crippen LogP contribution in [0.4, 0.5) is 17.8 Å². The Labute approximate surface area is 107 Å². The zero-order chi connectivity index (χ0) is 13.1. The van der Waals surface area contributed by atoms with Gasteiger partial charge in [0.2, 0.25) is 17.8 Å². The molecule has 2 unspecified atom stereocenters. The summed E-state index contributed by atoms with van der Waals surface area (Å²) in [6.07, 6.45) is 3.67. The lowest BCUT2D eigenvalue weighted by atomic mass is 10.1. The minimum Gasteiger partial charge on any atom is -0.351 e. The van der Waals surface area contributed by atoms with Gasteiger partial charge >= 0.3 is 0 Å². The van der Waals surface area contributed by atoms with E-state index in [4.69, 9.17) is 5.84 Å². The van der Waals surface area contributed by atoms with Crippen molar-refractivity contribution in [2.24, 2.45) is 11.8 Å². The quantitative estimate of drug-likeness (QED) is 0.539. The van der Waals surface area contributed by atoms with Crippen LogP contribution in [0.2, 0.25) is 0 Å². The second kappa shape index (κ2) is 5.34. The molecule has 0 amide bonds. The molecule has 0 bridgehead atoms. The van der Waals surface area contributed by atoms with Crippen LogP contribution in [0.15, 0.2) is 0 Å². The number of hydrogen-bond acceptors (Lipinski definition) is 7. The maximum Gasteiger partial charge on any atom is 0.243 e. The van der Waals surface area contributed by atoms with Gasteiger partial charge in [0.05, 0.1) is 0 Å². The molecule has 2 atom stereocenters. The summed E-state index contributed by atoms with van der Waals surface area (Å²) in [5, 5.41) is 3.38. The zero-order valence-electron chi connectivity index (χ0n) is 11.1. The average molecular weight is 251 g/mol. The first-order chi connectivity index (χ1) is 8.60. The summed E-state index contributed by atoms with van der Waals surface area (Å²) < 4.78 is 0. The molecule has 100 valence electrons. The summed E-state index contributed by atoms with van der Waals surface area (Å²) in [5.41, 5.74) is 2.47. The van der Waals surface area contributed by atoms with Crippen LogP contribution in [0, 0.1) is 5.92 Å². The van der Waals surface area contributed by atoms with Crippen LogP contribution in [-0.2, 0) is 0 Å². The standard InChI is InChI=1S/C11H21N7/c1-7-5-4-6-8(7)13-9-14-10(17-12)16-11(15-9)18(2)3/h7-8H,4-6,12H2,1-3H3,(H2,13,14,15,16,17). The highest BCUT2D eigenvalue weighted by molar-refractivity contribution is 5.42. The van der Waals surface area contributed by atoms with Gasteiger partial charge in [-0.25, -0.2) is 5.84 Å². The Morgan fingerprint density at radius 1 is 1.17 bits per heavy atom. The van der Waals surface area contributed by atoms with Crippen molar-refractivity contribution in [1.82, 2.24) is 15.0 Å². The number of nitrogen functional groups attached to an aromatic ring is 1. The van der Waals surface area contributed by atoms with Crippen LogP contribution < -0.4 is 21.5 Å². The lowest BCUT2D eigenvalue weighted by Gasteiger charge is -2.19. The number of aromatic nitrogens is 3. The summed E-state index contributed by atoms with van der Waals surface area (Å²) >= 11 is 0. The number of anilines is 3. The van der Waals surface area contributed by atoms with Gasteiger partial charge in [-0.2, -0.15) is 15.0 Å². The number of nitrogens with zero attached hydrogens (tertiary/aromatic N) is 4. The van der Waals surface area contributed by atoms with E-state index in [9.17, 15) is 0 Å². The van der Waals surface area contributed by atoms with Crippen molar-refractivity contribution in [1.29, 1.82) is 0 Å². The lowest BCUT2D eigenvalue weighted by molar-refractivity contribution is 0.553. The van der Waals surface area contributed by atoms with Gasteiger partial charge in [-0.15, -0.1) is 0 Å². The Morgan fingerprint density at radius 3 is 2.44 bits per heavy atom. The van der Waals surface area contributed by atoms with Crippen LogP contribution in [-0.4, -0.2) is 35.1 Å². The van der Waals surface area contributed by atoms with Crippen molar-refractivity contribution in [3.05, 3.63) is 0 Å². The molecule has 4 N–H and O–H groups in total. The fourth-order valence-corrected chi connectivity index (χ4v) is 2.22. The zero-order valence-corrected chi connectivity index (χ0v) is 11.1. The molecule has 1 aliphatic rings. The number of nitrogens with one attached hydrogen (secondary N) is 2. The second-order valence-electron chi connectivity index (χ2n) is 4.98. The molecule has 1 aromatic rings. The van der Waals surface area contributed by atoms with E-state index in [1.807, 2.05) is 19.0 Å². The number of hydrazine groups is 1. The van der Waals surface area contributed by atoms with Gasteiger partial charge in [-0.05, 0) is 18.8 Å². The number of nitrogens with two attached hydrogens (primary N) is 1. The monoisotopic (exact) mass is 251 g/mol. The first-order valence-corrected chi connectivity index (χ1v) is 6.26. The third-order valence-corrected chi connectivity index (χ3v) is 3.33. The fourth-order valence-electron chi connectivity index (χ4n) is 2.22. The average Bonchev–Trinajstić information content (AvgIpc) is 2.74. The Hall–Kier alpha value is -1.63. The second-order valence-corrected chi connectivity index (χ2v) is 4.98. The Kier molecular flexibility index (Phi) is 3.81. The first-order valence-electron chi connectivity index (χ1n) is 6.26.